The second kappa shape index (κ2) is 6.70. The molecule has 0 bridgehead atoms. The van der Waals surface area contributed by atoms with Crippen LogP contribution in [0, 0.1) is 5.92 Å². The van der Waals surface area contributed by atoms with Crippen LogP contribution in [0.2, 0.25) is 5.02 Å². The van der Waals surface area contributed by atoms with E-state index in [0.717, 1.165) is 4.47 Å². The van der Waals surface area contributed by atoms with Gasteiger partial charge in [-0.2, -0.15) is 0 Å². The number of sulfonamides is 1. The van der Waals surface area contributed by atoms with Crippen LogP contribution < -0.4 is 4.72 Å². The van der Waals surface area contributed by atoms with E-state index in [9.17, 15) is 8.42 Å². The molecule has 0 aliphatic heterocycles. The summed E-state index contributed by atoms with van der Waals surface area (Å²) in [6.45, 7) is 4.35. The first-order chi connectivity index (χ1) is 8.24. The highest BCUT2D eigenvalue weighted by Crippen LogP contribution is 2.25. The Labute approximate surface area is 130 Å². The highest BCUT2D eigenvalue weighted by Gasteiger charge is 2.20. The largest absolute Gasteiger partial charge is 0.242 e. The summed E-state index contributed by atoms with van der Waals surface area (Å²) in [5.74, 6) is 0.341. The quantitative estimate of drug-likeness (QED) is 0.738. The van der Waals surface area contributed by atoms with Crippen molar-refractivity contribution in [1.82, 2.24) is 4.72 Å². The van der Waals surface area contributed by atoms with Crippen LogP contribution >= 0.6 is 43.5 Å². The fourth-order valence-electron chi connectivity index (χ4n) is 1.20. The average Bonchev–Trinajstić information content (AvgIpc) is 2.25. The molecule has 0 amide bonds. The van der Waals surface area contributed by atoms with Gasteiger partial charge in [-0.25, -0.2) is 13.1 Å². The van der Waals surface area contributed by atoms with E-state index in [2.05, 4.69) is 36.6 Å². The van der Waals surface area contributed by atoms with Crippen LogP contribution in [0.1, 0.15) is 13.8 Å². The van der Waals surface area contributed by atoms with Crippen LogP contribution in [0.4, 0.5) is 0 Å². The Morgan fingerprint density at radius 3 is 2.50 bits per heavy atom. The van der Waals surface area contributed by atoms with Gasteiger partial charge < -0.3 is 0 Å². The first-order valence-electron chi connectivity index (χ1n) is 5.33. The Kier molecular flexibility index (Phi) is 6.12. The Morgan fingerprint density at radius 2 is 2.00 bits per heavy atom. The maximum absolute atomic E-state index is 12.1. The molecule has 3 nitrogen and oxygen atoms in total. The number of benzene rings is 1. The molecule has 0 aliphatic rings. The van der Waals surface area contributed by atoms with Crippen molar-refractivity contribution < 1.29 is 8.42 Å². The number of hydrogen-bond donors (Lipinski definition) is 1. The average molecular weight is 420 g/mol. The molecule has 0 heterocycles. The van der Waals surface area contributed by atoms with Crippen LogP contribution in [0.3, 0.4) is 0 Å². The first-order valence-corrected chi connectivity index (χ1v) is 8.90. The van der Waals surface area contributed by atoms with Crippen molar-refractivity contribution >= 4 is 53.5 Å². The van der Waals surface area contributed by atoms with E-state index in [1.54, 1.807) is 12.1 Å². The van der Waals surface area contributed by atoms with Crippen LogP contribution in [-0.2, 0) is 10.0 Å². The molecule has 0 radical (unpaired) electrons. The lowest BCUT2D eigenvalue weighted by molar-refractivity contribution is 0.563. The summed E-state index contributed by atoms with van der Waals surface area (Å²) in [6.07, 6.45) is 0. The Balaban J connectivity index is 2.87. The summed E-state index contributed by atoms with van der Waals surface area (Å²) in [5, 5.41) is 0.201. The molecule has 0 aromatic heterocycles. The lowest BCUT2D eigenvalue weighted by Gasteiger charge is -2.15. The second-order valence-electron chi connectivity index (χ2n) is 4.19. The van der Waals surface area contributed by atoms with Crippen molar-refractivity contribution in [3.63, 3.8) is 0 Å². The van der Waals surface area contributed by atoms with Crippen LogP contribution in [-0.4, -0.2) is 19.8 Å². The van der Waals surface area contributed by atoms with E-state index in [0.29, 0.717) is 12.5 Å². The standard InChI is InChI=1S/C11H14Br2ClNO2S/c1-7(2)9(13)6-15-18(16,17)11-4-3-8(12)5-10(11)14/h3-5,7,9,15H,6H2,1-2H3. The SMILES string of the molecule is CC(C)C(Br)CNS(=O)(=O)c1ccc(Br)cc1Cl. The molecule has 18 heavy (non-hydrogen) atoms. The summed E-state index contributed by atoms with van der Waals surface area (Å²) in [5.41, 5.74) is 0. The number of hydrogen-bond acceptors (Lipinski definition) is 2. The fourth-order valence-corrected chi connectivity index (χ4v) is 3.67. The van der Waals surface area contributed by atoms with Gasteiger partial charge in [0, 0.05) is 15.8 Å². The molecule has 1 unspecified atom stereocenters. The highest BCUT2D eigenvalue weighted by atomic mass is 79.9. The van der Waals surface area contributed by atoms with Gasteiger partial charge in [-0.15, -0.1) is 0 Å². The molecule has 1 aromatic carbocycles. The van der Waals surface area contributed by atoms with Gasteiger partial charge in [0.2, 0.25) is 10.0 Å². The summed E-state index contributed by atoms with van der Waals surface area (Å²) >= 11 is 12.6. The van der Waals surface area contributed by atoms with E-state index in [1.807, 2.05) is 13.8 Å². The highest BCUT2D eigenvalue weighted by molar-refractivity contribution is 9.10. The number of halogens is 3. The van der Waals surface area contributed by atoms with Crippen molar-refractivity contribution in [3.8, 4) is 0 Å². The third-order valence-electron chi connectivity index (χ3n) is 2.38. The Bertz CT molecular complexity index is 520. The maximum atomic E-state index is 12.1. The van der Waals surface area contributed by atoms with Gasteiger partial charge in [0.05, 0.1) is 5.02 Å². The minimum atomic E-state index is -3.57. The molecule has 0 saturated heterocycles. The van der Waals surface area contributed by atoms with Gasteiger partial charge in [-0.05, 0) is 24.1 Å². The number of nitrogens with one attached hydrogen (secondary N) is 1. The van der Waals surface area contributed by atoms with Crippen molar-refractivity contribution in [2.24, 2.45) is 5.92 Å². The van der Waals surface area contributed by atoms with Crippen molar-refractivity contribution in [3.05, 3.63) is 27.7 Å². The zero-order chi connectivity index (χ0) is 13.9. The topological polar surface area (TPSA) is 46.2 Å². The summed E-state index contributed by atoms with van der Waals surface area (Å²) in [4.78, 5) is 0.178. The van der Waals surface area contributed by atoms with Gasteiger partial charge in [0.25, 0.3) is 0 Å². The third-order valence-corrected chi connectivity index (χ3v) is 6.16. The van der Waals surface area contributed by atoms with Crippen LogP contribution in [0.25, 0.3) is 0 Å². The molecule has 1 N–H and O–H groups in total. The lowest BCUT2D eigenvalue weighted by Crippen LogP contribution is -2.31. The van der Waals surface area contributed by atoms with Gasteiger partial charge in [-0.3, -0.25) is 0 Å². The number of rotatable bonds is 5. The lowest BCUT2D eigenvalue weighted by atomic mass is 10.1. The van der Waals surface area contributed by atoms with E-state index >= 15 is 0 Å². The molecular weight excluding hydrogens is 405 g/mol. The molecule has 1 aromatic rings. The van der Waals surface area contributed by atoms with E-state index in [-0.39, 0.29) is 14.7 Å². The van der Waals surface area contributed by atoms with Gasteiger partial charge in [0.1, 0.15) is 4.90 Å². The minimum absolute atomic E-state index is 0.0847. The monoisotopic (exact) mass is 417 g/mol. The Morgan fingerprint density at radius 1 is 1.39 bits per heavy atom. The zero-order valence-electron chi connectivity index (χ0n) is 9.95. The molecule has 7 heteroatoms. The summed E-state index contributed by atoms with van der Waals surface area (Å²) < 4.78 is 27.4. The van der Waals surface area contributed by atoms with E-state index in [4.69, 9.17) is 11.6 Å². The summed E-state index contributed by atoms with van der Waals surface area (Å²) in [7, 11) is -3.57. The molecule has 0 fully saturated rings. The minimum Gasteiger partial charge on any atom is -0.210 e. The van der Waals surface area contributed by atoms with Gasteiger partial charge in [-0.1, -0.05) is 57.3 Å². The second-order valence-corrected chi connectivity index (χ2v) is 8.42. The van der Waals surface area contributed by atoms with E-state index in [1.165, 1.54) is 6.07 Å². The predicted octanol–water partition coefficient (Wildman–Crippen LogP) is 3.80. The summed E-state index contributed by atoms with van der Waals surface area (Å²) in [6, 6.07) is 4.69. The van der Waals surface area contributed by atoms with Crippen molar-refractivity contribution in [2.75, 3.05) is 6.54 Å². The third kappa shape index (κ3) is 4.49. The molecule has 1 atom stereocenters. The normalized spacial score (nSPS) is 13.9. The molecule has 0 aliphatic carbocycles. The fraction of sp³-hybridized carbons (Fsp3) is 0.455. The number of alkyl halides is 1. The molecule has 1 rings (SSSR count). The smallest absolute Gasteiger partial charge is 0.210 e. The zero-order valence-corrected chi connectivity index (χ0v) is 14.7. The van der Waals surface area contributed by atoms with Crippen molar-refractivity contribution in [2.45, 2.75) is 23.6 Å². The van der Waals surface area contributed by atoms with E-state index < -0.39 is 10.0 Å². The van der Waals surface area contributed by atoms with Gasteiger partial charge >= 0.3 is 0 Å². The molecular formula is C11H14Br2ClNO2S. The van der Waals surface area contributed by atoms with Crippen LogP contribution in [0.15, 0.2) is 27.6 Å². The van der Waals surface area contributed by atoms with Crippen LogP contribution in [0.5, 0.6) is 0 Å². The molecule has 0 saturated carbocycles. The molecule has 0 spiro atoms. The first kappa shape index (κ1) is 16.4. The van der Waals surface area contributed by atoms with Gasteiger partial charge in [0.15, 0.2) is 0 Å². The predicted molar refractivity (Wildman–Crippen MR) is 81.9 cm³/mol. The maximum Gasteiger partial charge on any atom is 0.242 e. The molecule has 102 valence electrons. The Hall–Kier alpha value is 0.380. The van der Waals surface area contributed by atoms with Crippen molar-refractivity contribution in [1.29, 1.82) is 0 Å².